The first-order valence-electron chi connectivity index (χ1n) is 9.26. The van der Waals surface area contributed by atoms with E-state index in [0.717, 1.165) is 22.8 Å². The molecule has 0 spiro atoms. The second-order valence-electron chi connectivity index (χ2n) is 7.40. The average Bonchev–Trinajstić information content (AvgIpc) is 3.15. The van der Waals surface area contributed by atoms with E-state index in [2.05, 4.69) is 55.5 Å². The molecule has 3 aromatic rings. The standard InChI is InChI=1S/C23H22O4/c1-14-22(17-10-6-8-15-7-4-5-9-16(15)17)18-11-20-21(26-13-25-20)12-19(18)27-23(14,2)24-3/h4-12,14,22H,13H2,1-3H3/t14-,22+,23+/m0/s1. The van der Waals surface area contributed by atoms with Gasteiger partial charge in [0, 0.05) is 37.5 Å². The van der Waals surface area contributed by atoms with Gasteiger partial charge in [0.2, 0.25) is 12.6 Å². The van der Waals surface area contributed by atoms with Gasteiger partial charge in [0.25, 0.3) is 0 Å². The molecule has 0 saturated heterocycles. The van der Waals surface area contributed by atoms with E-state index in [4.69, 9.17) is 18.9 Å². The van der Waals surface area contributed by atoms with Crippen molar-refractivity contribution >= 4 is 10.8 Å². The van der Waals surface area contributed by atoms with E-state index in [0.29, 0.717) is 0 Å². The van der Waals surface area contributed by atoms with Gasteiger partial charge >= 0.3 is 0 Å². The Kier molecular flexibility index (Phi) is 3.59. The van der Waals surface area contributed by atoms with Crippen molar-refractivity contribution in [1.82, 2.24) is 0 Å². The molecule has 0 bridgehead atoms. The molecule has 3 aromatic carbocycles. The predicted molar refractivity (Wildman–Crippen MR) is 104 cm³/mol. The van der Waals surface area contributed by atoms with Gasteiger partial charge in [0.15, 0.2) is 11.5 Å². The van der Waals surface area contributed by atoms with E-state index in [1.54, 1.807) is 7.11 Å². The first-order chi connectivity index (χ1) is 13.1. The topological polar surface area (TPSA) is 36.9 Å². The molecule has 0 unspecified atom stereocenters. The first-order valence-corrected chi connectivity index (χ1v) is 9.26. The van der Waals surface area contributed by atoms with Crippen LogP contribution in [0.25, 0.3) is 10.8 Å². The summed E-state index contributed by atoms with van der Waals surface area (Å²) < 4.78 is 23.4. The summed E-state index contributed by atoms with van der Waals surface area (Å²) in [4.78, 5) is 0. The van der Waals surface area contributed by atoms with Crippen LogP contribution in [0.4, 0.5) is 0 Å². The van der Waals surface area contributed by atoms with Crippen LogP contribution in [-0.2, 0) is 4.74 Å². The number of benzene rings is 3. The number of ether oxygens (including phenoxy) is 4. The van der Waals surface area contributed by atoms with Gasteiger partial charge in [0.1, 0.15) is 5.75 Å². The van der Waals surface area contributed by atoms with Gasteiger partial charge in [-0.2, -0.15) is 0 Å². The number of hydrogen-bond acceptors (Lipinski definition) is 4. The molecule has 4 heteroatoms. The van der Waals surface area contributed by atoms with Crippen molar-refractivity contribution in [2.45, 2.75) is 25.6 Å². The Morgan fingerprint density at radius 1 is 0.926 bits per heavy atom. The summed E-state index contributed by atoms with van der Waals surface area (Å²) >= 11 is 0. The van der Waals surface area contributed by atoms with E-state index in [-0.39, 0.29) is 18.6 Å². The first kappa shape index (κ1) is 16.5. The van der Waals surface area contributed by atoms with E-state index in [9.17, 15) is 0 Å². The van der Waals surface area contributed by atoms with Crippen LogP contribution in [0.15, 0.2) is 54.6 Å². The molecule has 2 aliphatic rings. The van der Waals surface area contributed by atoms with E-state index in [1.807, 2.05) is 13.0 Å². The lowest BCUT2D eigenvalue weighted by Crippen LogP contribution is -2.47. The normalized spacial score (nSPS) is 25.9. The maximum atomic E-state index is 6.31. The van der Waals surface area contributed by atoms with Gasteiger partial charge in [-0.15, -0.1) is 0 Å². The zero-order valence-corrected chi connectivity index (χ0v) is 15.7. The average molecular weight is 362 g/mol. The highest BCUT2D eigenvalue weighted by molar-refractivity contribution is 5.87. The largest absolute Gasteiger partial charge is 0.462 e. The fraction of sp³-hybridized carbons (Fsp3) is 0.304. The Hall–Kier alpha value is -2.72. The highest BCUT2D eigenvalue weighted by Gasteiger charge is 2.46. The number of rotatable bonds is 2. The molecular formula is C23H22O4. The zero-order valence-electron chi connectivity index (χ0n) is 15.7. The van der Waals surface area contributed by atoms with Crippen molar-refractivity contribution in [3.05, 3.63) is 65.7 Å². The Labute approximate surface area is 158 Å². The molecule has 0 radical (unpaired) electrons. The van der Waals surface area contributed by atoms with Crippen LogP contribution in [0, 0.1) is 5.92 Å². The summed E-state index contributed by atoms with van der Waals surface area (Å²) in [6, 6.07) is 19.0. The smallest absolute Gasteiger partial charge is 0.231 e. The van der Waals surface area contributed by atoms with E-state index >= 15 is 0 Å². The predicted octanol–water partition coefficient (Wildman–Crippen LogP) is 5.09. The fourth-order valence-corrected chi connectivity index (χ4v) is 4.34. The number of methoxy groups -OCH3 is 1. The van der Waals surface area contributed by atoms with E-state index < -0.39 is 5.79 Å². The quantitative estimate of drug-likeness (QED) is 0.636. The monoisotopic (exact) mass is 362 g/mol. The van der Waals surface area contributed by atoms with Crippen molar-refractivity contribution in [3.8, 4) is 17.2 Å². The highest BCUT2D eigenvalue weighted by atomic mass is 16.7. The van der Waals surface area contributed by atoms with Gasteiger partial charge < -0.3 is 18.9 Å². The molecule has 2 heterocycles. The summed E-state index contributed by atoms with van der Waals surface area (Å²) in [6.45, 7) is 4.43. The van der Waals surface area contributed by atoms with Crippen LogP contribution >= 0.6 is 0 Å². The maximum Gasteiger partial charge on any atom is 0.231 e. The number of hydrogen-bond donors (Lipinski definition) is 0. The third-order valence-electron chi connectivity index (χ3n) is 6.04. The van der Waals surface area contributed by atoms with Crippen LogP contribution < -0.4 is 14.2 Å². The summed E-state index contributed by atoms with van der Waals surface area (Å²) in [5, 5.41) is 2.48. The summed E-state index contributed by atoms with van der Waals surface area (Å²) in [7, 11) is 1.70. The lowest BCUT2D eigenvalue weighted by molar-refractivity contribution is -0.194. The minimum absolute atomic E-state index is 0.0983. The van der Waals surface area contributed by atoms with Crippen LogP contribution in [0.1, 0.15) is 30.9 Å². The molecule has 3 atom stereocenters. The molecule has 0 amide bonds. The summed E-state index contributed by atoms with van der Waals surface area (Å²) in [5.74, 6) is 1.76. The third-order valence-corrected chi connectivity index (χ3v) is 6.04. The molecule has 0 aliphatic carbocycles. The third kappa shape index (κ3) is 2.40. The second kappa shape index (κ2) is 5.89. The Morgan fingerprint density at radius 2 is 1.67 bits per heavy atom. The molecule has 138 valence electrons. The van der Waals surface area contributed by atoms with Crippen LogP contribution in [0.5, 0.6) is 17.2 Å². The lowest BCUT2D eigenvalue weighted by atomic mass is 9.74. The van der Waals surface area contributed by atoms with Crippen molar-refractivity contribution in [3.63, 3.8) is 0 Å². The summed E-state index contributed by atoms with van der Waals surface area (Å²) in [6.07, 6.45) is 0. The molecule has 0 aromatic heterocycles. The van der Waals surface area contributed by atoms with Gasteiger partial charge in [-0.25, -0.2) is 0 Å². The Balaban J connectivity index is 1.77. The molecule has 4 nitrogen and oxygen atoms in total. The summed E-state index contributed by atoms with van der Waals surface area (Å²) in [5.41, 5.74) is 2.38. The second-order valence-corrected chi connectivity index (χ2v) is 7.40. The van der Waals surface area contributed by atoms with Gasteiger partial charge in [-0.05, 0) is 22.4 Å². The SMILES string of the molecule is CO[C@]1(C)Oc2cc3c(cc2[C@@H](c2cccc4ccccc24)[C@@H]1C)OCO3. The number of fused-ring (bicyclic) bond motifs is 3. The highest BCUT2D eigenvalue weighted by Crippen LogP contribution is 2.53. The van der Waals surface area contributed by atoms with Gasteiger partial charge in [0.05, 0.1) is 0 Å². The molecule has 5 rings (SSSR count). The van der Waals surface area contributed by atoms with Crippen LogP contribution in [0.3, 0.4) is 0 Å². The van der Waals surface area contributed by atoms with Crippen LogP contribution in [-0.4, -0.2) is 19.7 Å². The molecule has 2 aliphatic heterocycles. The molecule has 0 N–H and O–H groups in total. The molecule has 0 saturated carbocycles. The van der Waals surface area contributed by atoms with Crippen molar-refractivity contribution in [1.29, 1.82) is 0 Å². The minimum Gasteiger partial charge on any atom is -0.462 e. The lowest BCUT2D eigenvalue weighted by Gasteiger charge is -2.44. The van der Waals surface area contributed by atoms with Crippen molar-refractivity contribution in [2.75, 3.05) is 13.9 Å². The van der Waals surface area contributed by atoms with Crippen molar-refractivity contribution in [2.24, 2.45) is 5.92 Å². The Bertz CT molecular complexity index is 1020. The van der Waals surface area contributed by atoms with E-state index in [1.165, 1.54) is 16.3 Å². The Morgan fingerprint density at radius 3 is 2.48 bits per heavy atom. The molecular weight excluding hydrogens is 340 g/mol. The minimum atomic E-state index is -0.734. The maximum absolute atomic E-state index is 6.31. The molecule has 0 fully saturated rings. The fourth-order valence-electron chi connectivity index (χ4n) is 4.34. The van der Waals surface area contributed by atoms with Crippen LogP contribution in [0.2, 0.25) is 0 Å². The van der Waals surface area contributed by atoms with Gasteiger partial charge in [-0.1, -0.05) is 49.4 Å². The zero-order chi connectivity index (χ0) is 18.6. The van der Waals surface area contributed by atoms with Gasteiger partial charge in [-0.3, -0.25) is 0 Å². The van der Waals surface area contributed by atoms with Crippen molar-refractivity contribution < 1.29 is 18.9 Å². The molecule has 27 heavy (non-hydrogen) atoms.